The number of para-hydroxylation sites is 1. The summed E-state index contributed by atoms with van der Waals surface area (Å²) >= 11 is 6.07. The zero-order valence-corrected chi connectivity index (χ0v) is 16.4. The molecule has 7 nitrogen and oxygen atoms in total. The number of halogens is 1. The van der Waals surface area contributed by atoms with Crippen LogP contribution in [0.5, 0.6) is 0 Å². The van der Waals surface area contributed by atoms with E-state index in [-0.39, 0.29) is 5.56 Å². The summed E-state index contributed by atoms with van der Waals surface area (Å²) in [5, 5.41) is 9.87. The van der Waals surface area contributed by atoms with Gasteiger partial charge in [0.15, 0.2) is 5.65 Å². The molecule has 2 aromatic carbocycles. The van der Waals surface area contributed by atoms with Crippen molar-refractivity contribution >= 4 is 39.6 Å². The molecule has 0 atom stereocenters. The molecule has 5 rings (SSSR count). The molecule has 0 aliphatic rings. The zero-order chi connectivity index (χ0) is 20.7. The van der Waals surface area contributed by atoms with Crippen molar-refractivity contribution in [3.63, 3.8) is 0 Å². The fraction of sp³-hybridized carbons (Fsp3) is 0.0455. The molecular formula is C22H15ClN6O. The average Bonchev–Trinajstić information content (AvgIpc) is 3.16. The summed E-state index contributed by atoms with van der Waals surface area (Å²) in [6, 6.07) is 18.7. The van der Waals surface area contributed by atoms with Gasteiger partial charge >= 0.3 is 0 Å². The van der Waals surface area contributed by atoms with E-state index >= 15 is 0 Å². The SMILES string of the molecule is NC(=O)c1cc(-c2ccc3nnn(Cc4cccc5cccnc45)c3n2)ccc1Cl. The number of benzene rings is 2. The quantitative estimate of drug-likeness (QED) is 0.481. The Hall–Kier alpha value is -3.84. The third-order valence-corrected chi connectivity index (χ3v) is 5.25. The van der Waals surface area contributed by atoms with E-state index in [0.717, 1.165) is 22.0 Å². The lowest BCUT2D eigenvalue weighted by atomic mass is 10.1. The van der Waals surface area contributed by atoms with E-state index in [1.807, 2.05) is 42.5 Å². The highest BCUT2D eigenvalue weighted by Gasteiger charge is 2.13. The number of rotatable bonds is 4. The van der Waals surface area contributed by atoms with Crippen LogP contribution in [-0.4, -0.2) is 30.9 Å². The molecule has 146 valence electrons. The first-order valence-corrected chi connectivity index (χ1v) is 9.60. The zero-order valence-electron chi connectivity index (χ0n) is 15.7. The van der Waals surface area contributed by atoms with Crippen LogP contribution in [0, 0.1) is 0 Å². The smallest absolute Gasteiger partial charge is 0.250 e. The second-order valence-corrected chi connectivity index (χ2v) is 7.24. The van der Waals surface area contributed by atoms with Gasteiger partial charge in [-0.1, -0.05) is 47.1 Å². The molecule has 0 fully saturated rings. The third-order valence-electron chi connectivity index (χ3n) is 4.92. The van der Waals surface area contributed by atoms with Crippen LogP contribution >= 0.6 is 11.6 Å². The standard InChI is InChI=1S/C22H15ClN6O/c23-17-7-6-14(11-16(17)21(24)30)18-8-9-19-22(26-18)29(28-27-19)12-15-4-1-3-13-5-2-10-25-20(13)15/h1-11H,12H2,(H2,24,30). The topological polar surface area (TPSA) is 99.6 Å². The number of carbonyl (C=O) groups excluding carboxylic acids is 1. The van der Waals surface area contributed by atoms with Crippen molar-refractivity contribution in [3.05, 3.63) is 83.0 Å². The van der Waals surface area contributed by atoms with E-state index in [4.69, 9.17) is 22.3 Å². The van der Waals surface area contributed by atoms with Crippen molar-refractivity contribution in [1.29, 1.82) is 0 Å². The molecule has 0 saturated heterocycles. The van der Waals surface area contributed by atoms with Crippen LogP contribution in [0.15, 0.2) is 66.9 Å². The first-order valence-electron chi connectivity index (χ1n) is 9.23. The molecule has 0 aliphatic heterocycles. The maximum Gasteiger partial charge on any atom is 0.250 e. The van der Waals surface area contributed by atoms with Crippen LogP contribution in [-0.2, 0) is 6.54 Å². The molecule has 3 heterocycles. The highest BCUT2D eigenvalue weighted by Crippen LogP contribution is 2.26. The Kier molecular flexibility index (Phi) is 4.37. The van der Waals surface area contributed by atoms with Gasteiger partial charge in [-0.25, -0.2) is 9.67 Å². The van der Waals surface area contributed by atoms with Gasteiger partial charge in [-0.05, 0) is 35.9 Å². The normalized spacial score (nSPS) is 11.2. The van der Waals surface area contributed by atoms with E-state index in [0.29, 0.717) is 28.4 Å². The Bertz CT molecular complexity index is 1420. The first kappa shape index (κ1) is 18.2. The lowest BCUT2D eigenvalue weighted by Crippen LogP contribution is -2.11. The van der Waals surface area contributed by atoms with E-state index < -0.39 is 5.91 Å². The maximum atomic E-state index is 11.6. The fourth-order valence-electron chi connectivity index (χ4n) is 3.45. The predicted molar refractivity (Wildman–Crippen MR) is 115 cm³/mol. The Morgan fingerprint density at radius 1 is 1.07 bits per heavy atom. The predicted octanol–water partition coefficient (Wildman–Crippen LogP) is 3.84. The summed E-state index contributed by atoms with van der Waals surface area (Å²) in [5.74, 6) is -0.585. The summed E-state index contributed by atoms with van der Waals surface area (Å²) in [5.41, 5.74) is 10.3. The summed E-state index contributed by atoms with van der Waals surface area (Å²) in [7, 11) is 0. The Labute approximate surface area is 176 Å². The third kappa shape index (κ3) is 3.15. The second-order valence-electron chi connectivity index (χ2n) is 6.84. The van der Waals surface area contributed by atoms with Gasteiger partial charge in [0.05, 0.1) is 28.3 Å². The van der Waals surface area contributed by atoms with E-state index in [9.17, 15) is 4.79 Å². The number of fused-ring (bicyclic) bond motifs is 2. The van der Waals surface area contributed by atoms with Crippen LogP contribution in [0.4, 0.5) is 0 Å². The molecule has 3 aromatic heterocycles. The van der Waals surface area contributed by atoms with Crippen molar-refractivity contribution < 1.29 is 4.79 Å². The Balaban J connectivity index is 1.59. The number of hydrogen-bond acceptors (Lipinski definition) is 5. The number of aromatic nitrogens is 5. The van der Waals surface area contributed by atoms with Crippen molar-refractivity contribution in [3.8, 4) is 11.3 Å². The molecular weight excluding hydrogens is 400 g/mol. The highest BCUT2D eigenvalue weighted by molar-refractivity contribution is 6.33. The number of nitrogens with two attached hydrogens (primary N) is 1. The minimum Gasteiger partial charge on any atom is -0.366 e. The van der Waals surface area contributed by atoms with Crippen molar-refractivity contribution in [2.45, 2.75) is 6.54 Å². The molecule has 1 amide bonds. The Morgan fingerprint density at radius 2 is 1.93 bits per heavy atom. The maximum absolute atomic E-state index is 11.6. The van der Waals surface area contributed by atoms with E-state index in [1.54, 1.807) is 29.1 Å². The summed E-state index contributed by atoms with van der Waals surface area (Å²) in [6.07, 6.45) is 1.78. The molecule has 0 bridgehead atoms. The van der Waals surface area contributed by atoms with Crippen LogP contribution in [0.2, 0.25) is 5.02 Å². The van der Waals surface area contributed by atoms with Gasteiger partial charge in [0.2, 0.25) is 5.91 Å². The Morgan fingerprint density at radius 3 is 2.80 bits per heavy atom. The fourth-order valence-corrected chi connectivity index (χ4v) is 3.66. The number of hydrogen-bond donors (Lipinski definition) is 1. The van der Waals surface area contributed by atoms with Crippen LogP contribution in [0.1, 0.15) is 15.9 Å². The van der Waals surface area contributed by atoms with Gasteiger partial charge in [-0.15, -0.1) is 5.10 Å². The van der Waals surface area contributed by atoms with Crippen molar-refractivity contribution in [1.82, 2.24) is 25.0 Å². The number of primary amides is 1. The number of pyridine rings is 2. The molecule has 0 aliphatic carbocycles. The lowest BCUT2D eigenvalue weighted by Gasteiger charge is -2.07. The monoisotopic (exact) mass is 414 g/mol. The van der Waals surface area contributed by atoms with Crippen LogP contribution in [0.25, 0.3) is 33.3 Å². The molecule has 0 saturated carbocycles. The molecule has 2 N–H and O–H groups in total. The summed E-state index contributed by atoms with van der Waals surface area (Å²) < 4.78 is 1.74. The number of nitrogens with zero attached hydrogens (tertiary/aromatic N) is 5. The van der Waals surface area contributed by atoms with E-state index in [1.165, 1.54) is 0 Å². The number of carbonyl (C=O) groups is 1. The van der Waals surface area contributed by atoms with Crippen molar-refractivity contribution in [2.75, 3.05) is 0 Å². The highest BCUT2D eigenvalue weighted by atomic mass is 35.5. The minimum atomic E-state index is -0.585. The second kappa shape index (κ2) is 7.20. The minimum absolute atomic E-state index is 0.254. The molecule has 0 spiro atoms. The van der Waals surface area contributed by atoms with Gasteiger partial charge in [0.25, 0.3) is 0 Å². The van der Waals surface area contributed by atoms with Gasteiger partial charge in [0, 0.05) is 17.1 Å². The van der Waals surface area contributed by atoms with Crippen molar-refractivity contribution in [2.24, 2.45) is 5.73 Å². The molecule has 5 aromatic rings. The summed E-state index contributed by atoms with van der Waals surface area (Å²) in [6.45, 7) is 0.481. The van der Waals surface area contributed by atoms with Gasteiger partial charge in [-0.3, -0.25) is 9.78 Å². The summed E-state index contributed by atoms with van der Waals surface area (Å²) in [4.78, 5) is 20.9. The van der Waals surface area contributed by atoms with E-state index in [2.05, 4.69) is 15.3 Å². The molecule has 0 unspecified atom stereocenters. The largest absolute Gasteiger partial charge is 0.366 e. The average molecular weight is 415 g/mol. The first-order chi connectivity index (χ1) is 14.6. The van der Waals surface area contributed by atoms with Gasteiger partial charge in [-0.2, -0.15) is 0 Å². The van der Waals surface area contributed by atoms with Crippen LogP contribution < -0.4 is 5.73 Å². The number of amides is 1. The molecule has 30 heavy (non-hydrogen) atoms. The van der Waals surface area contributed by atoms with Crippen LogP contribution in [0.3, 0.4) is 0 Å². The lowest BCUT2D eigenvalue weighted by molar-refractivity contribution is 0.100. The van der Waals surface area contributed by atoms with Gasteiger partial charge in [0.1, 0.15) is 5.52 Å². The molecule has 0 radical (unpaired) electrons. The van der Waals surface area contributed by atoms with Gasteiger partial charge < -0.3 is 5.73 Å². The molecule has 8 heteroatoms.